The van der Waals surface area contributed by atoms with Gasteiger partial charge in [-0.05, 0) is 19.1 Å². The highest BCUT2D eigenvalue weighted by molar-refractivity contribution is 8.00. The molecule has 18 heavy (non-hydrogen) atoms. The summed E-state index contributed by atoms with van der Waals surface area (Å²) in [6.07, 6.45) is 8.54. The molecule has 0 aromatic heterocycles. The molecule has 1 amide bonds. The summed E-state index contributed by atoms with van der Waals surface area (Å²) < 4.78 is 5.59. The molecule has 0 aromatic carbocycles. The Morgan fingerprint density at radius 1 is 1.44 bits per heavy atom. The first-order chi connectivity index (χ1) is 8.76. The van der Waals surface area contributed by atoms with E-state index in [9.17, 15) is 4.79 Å². The lowest BCUT2D eigenvalue weighted by molar-refractivity contribution is -0.126. The average molecular weight is 272 g/mol. The molecule has 0 aromatic rings. The zero-order chi connectivity index (χ0) is 12.8. The van der Waals surface area contributed by atoms with Crippen LogP contribution in [0.3, 0.4) is 0 Å². The van der Waals surface area contributed by atoms with Gasteiger partial charge in [-0.1, -0.05) is 19.3 Å². The average Bonchev–Trinajstić information content (AvgIpc) is 2.47. The van der Waals surface area contributed by atoms with Gasteiger partial charge in [0, 0.05) is 17.8 Å². The Morgan fingerprint density at radius 2 is 2.22 bits per heavy atom. The lowest BCUT2D eigenvalue weighted by Crippen LogP contribution is -2.53. The smallest absolute Gasteiger partial charge is 0.239 e. The summed E-state index contributed by atoms with van der Waals surface area (Å²) in [6.45, 7) is 2.77. The molecule has 1 heterocycles. The highest BCUT2D eigenvalue weighted by atomic mass is 32.2. The number of hydrogen-bond donors (Lipinski definition) is 2. The van der Waals surface area contributed by atoms with Gasteiger partial charge in [0.15, 0.2) is 0 Å². The molecule has 1 atom stereocenters. The summed E-state index contributed by atoms with van der Waals surface area (Å²) in [7, 11) is 0. The second-order valence-corrected chi connectivity index (χ2v) is 6.52. The zero-order valence-electron chi connectivity index (χ0n) is 11.2. The predicted molar refractivity (Wildman–Crippen MR) is 75.0 cm³/mol. The summed E-state index contributed by atoms with van der Waals surface area (Å²) in [5.41, 5.74) is 0. The summed E-state index contributed by atoms with van der Waals surface area (Å²) >= 11 is 1.92. The number of carbonyl (C=O) groups is 1. The number of hydrogen-bond acceptors (Lipinski definition) is 4. The second kappa shape index (κ2) is 6.78. The Hall–Kier alpha value is -0.260. The number of thioether (sulfide) groups is 1. The fourth-order valence-corrected chi connectivity index (χ4v) is 3.67. The number of morpholine rings is 1. The number of carbonyl (C=O) groups excluding carboxylic acids is 1. The van der Waals surface area contributed by atoms with Gasteiger partial charge in [0.25, 0.3) is 0 Å². The van der Waals surface area contributed by atoms with E-state index in [0.29, 0.717) is 13.2 Å². The molecule has 1 saturated carbocycles. The van der Waals surface area contributed by atoms with E-state index in [2.05, 4.69) is 16.9 Å². The van der Waals surface area contributed by atoms with Crippen molar-refractivity contribution in [1.29, 1.82) is 0 Å². The molecule has 1 aliphatic carbocycles. The molecule has 1 unspecified atom stereocenters. The molecule has 4 nitrogen and oxygen atoms in total. The maximum Gasteiger partial charge on any atom is 0.239 e. The maximum absolute atomic E-state index is 12.0. The largest absolute Gasteiger partial charge is 0.378 e. The summed E-state index contributed by atoms with van der Waals surface area (Å²) in [6, 6.07) is -0.166. The molecule has 2 N–H and O–H groups in total. The lowest BCUT2D eigenvalue weighted by Gasteiger charge is -2.36. The molecule has 0 radical (unpaired) electrons. The Bertz CT molecular complexity index is 274. The van der Waals surface area contributed by atoms with Crippen LogP contribution in [0.5, 0.6) is 0 Å². The third-order valence-electron chi connectivity index (χ3n) is 4.02. The van der Waals surface area contributed by atoms with Gasteiger partial charge >= 0.3 is 0 Å². The molecule has 5 heteroatoms. The number of nitrogens with one attached hydrogen (secondary N) is 2. The quantitative estimate of drug-likeness (QED) is 0.806. The van der Waals surface area contributed by atoms with E-state index in [0.717, 1.165) is 13.1 Å². The van der Waals surface area contributed by atoms with Crippen molar-refractivity contribution in [3.8, 4) is 0 Å². The van der Waals surface area contributed by atoms with E-state index in [-0.39, 0.29) is 16.7 Å². The van der Waals surface area contributed by atoms with Gasteiger partial charge in [0.05, 0.1) is 13.2 Å². The van der Waals surface area contributed by atoms with Crippen molar-refractivity contribution in [2.75, 3.05) is 32.6 Å². The highest BCUT2D eigenvalue weighted by Crippen LogP contribution is 2.37. The van der Waals surface area contributed by atoms with Gasteiger partial charge in [0.1, 0.15) is 6.04 Å². The van der Waals surface area contributed by atoms with Crippen molar-refractivity contribution in [2.45, 2.75) is 42.9 Å². The fraction of sp³-hybridized carbons (Fsp3) is 0.923. The van der Waals surface area contributed by atoms with Crippen LogP contribution in [0.25, 0.3) is 0 Å². The van der Waals surface area contributed by atoms with E-state index in [1.807, 2.05) is 11.8 Å². The minimum Gasteiger partial charge on any atom is -0.378 e. The van der Waals surface area contributed by atoms with Crippen molar-refractivity contribution in [1.82, 2.24) is 10.6 Å². The van der Waals surface area contributed by atoms with Gasteiger partial charge in [-0.3, -0.25) is 4.79 Å². The third-order valence-corrected chi connectivity index (χ3v) is 5.44. The first kappa shape index (κ1) is 14.2. The molecule has 1 aliphatic heterocycles. The lowest BCUT2D eigenvalue weighted by atomic mass is 9.88. The van der Waals surface area contributed by atoms with Crippen molar-refractivity contribution in [3.63, 3.8) is 0 Å². The van der Waals surface area contributed by atoms with E-state index >= 15 is 0 Å². The van der Waals surface area contributed by atoms with Gasteiger partial charge in [-0.2, -0.15) is 11.8 Å². The minimum absolute atomic E-state index is 0.0914. The standard InChI is InChI=1S/C13H24N2O2S/c1-18-13(5-3-2-4-6-13)10-15-12(16)11-9-17-8-7-14-11/h11,14H,2-10H2,1H3,(H,15,16). The highest BCUT2D eigenvalue weighted by Gasteiger charge is 2.32. The van der Waals surface area contributed by atoms with Crippen LogP contribution in [0.1, 0.15) is 32.1 Å². The van der Waals surface area contributed by atoms with Crippen LogP contribution in [0.4, 0.5) is 0 Å². The molecule has 1 saturated heterocycles. The van der Waals surface area contributed by atoms with E-state index in [1.54, 1.807) is 0 Å². The molecular weight excluding hydrogens is 248 g/mol. The summed E-state index contributed by atoms with van der Waals surface area (Å²) in [4.78, 5) is 12.0. The van der Waals surface area contributed by atoms with Crippen LogP contribution in [-0.4, -0.2) is 49.3 Å². The van der Waals surface area contributed by atoms with E-state index in [4.69, 9.17) is 4.74 Å². The van der Waals surface area contributed by atoms with Crippen LogP contribution < -0.4 is 10.6 Å². The summed E-state index contributed by atoms with van der Waals surface area (Å²) in [5, 5.41) is 6.30. The molecule has 0 bridgehead atoms. The van der Waals surface area contributed by atoms with Crippen molar-refractivity contribution < 1.29 is 9.53 Å². The van der Waals surface area contributed by atoms with Gasteiger partial charge in [-0.25, -0.2) is 0 Å². The first-order valence-corrected chi connectivity index (χ1v) is 8.12. The van der Waals surface area contributed by atoms with Gasteiger partial charge in [-0.15, -0.1) is 0 Å². The molecule has 0 spiro atoms. The van der Waals surface area contributed by atoms with Crippen LogP contribution in [-0.2, 0) is 9.53 Å². The third kappa shape index (κ3) is 3.62. The Labute approximate surface area is 114 Å². The van der Waals surface area contributed by atoms with Crippen LogP contribution in [0, 0.1) is 0 Å². The Kier molecular flexibility index (Phi) is 5.33. The molecule has 2 aliphatic rings. The summed E-state index contributed by atoms with van der Waals surface area (Å²) in [5.74, 6) is 0.0914. The van der Waals surface area contributed by atoms with Gasteiger partial charge < -0.3 is 15.4 Å². The number of ether oxygens (including phenoxy) is 1. The fourth-order valence-electron chi connectivity index (χ4n) is 2.75. The van der Waals surface area contributed by atoms with Crippen molar-refractivity contribution in [3.05, 3.63) is 0 Å². The predicted octanol–water partition coefficient (Wildman–Crippen LogP) is 1.16. The molecule has 2 fully saturated rings. The normalized spacial score (nSPS) is 27.7. The second-order valence-electron chi connectivity index (χ2n) is 5.25. The molecular formula is C13H24N2O2S. The zero-order valence-corrected chi connectivity index (χ0v) is 12.0. The van der Waals surface area contributed by atoms with Crippen molar-refractivity contribution >= 4 is 17.7 Å². The molecule has 2 rings (SSSR count). The SMILES string of the molecule is CSC1(CNC(=O)C2COCCN2)CCCCC1. The molecule has 104 valence electrons. The van der Waals surface area contributed by atoms with Crippen LogP contribution in [0.15, 0.2) is 0 Å². The van der Waals surface area contributed by atoms with E-state index < -0.39 is 0 Å². The van der Waals surface area contributed by atoms with Crippen molar-refractivity contribution in [2.24, 2.45) is 0 Å². The Balaban J connectivity index is 1.79. The Morgan fingerprint density at radius 3 is 2.83 bits per heavy atom. The van der Waals surface area contributed by atoms with Crippen LogP contribution in [0.2, 0.25) is 0 Å². The number of rotatable bonds is 4. The maximum atomic E-state index is 12.0. The van der Waals surface area contributed by atoms with E-state index in [1.165, 1.54) is 32.1 Å². The van der Waals surface area contributed by atoms with Gasteiger partial charge in [0.2, 0.25) is 5.91 Å². The monoisotopic (exact) mass is 272 g/mol. The first-order valence-electron chi connectivity index (χ1n) is 6.90. The number of amides is 1. The van der Waals surface area contributed by atoms with Crippen LogP contribution >= 0.6 is 11.8 Å². The topological polar surface area (TPSA) is 50.4 Å². The minimum atomic E-state index is -0.166.